The Morgan fingerprint density at radius 3 is 2.63 bits per heavy atom. The van der Waals surface area contributed by atoms with Crippen LogP contribution in [0.25, 0.3) is 5.65 Å². The lowest BCUT2D eigenvalue weighted by Crippen LogP contribution is -2.26. The van der Waals surface area contributed by atoms with Crippen molar-refractivity contribution >= 4 is 33.4 Å². The smallest absolute Gasteiger partial charge is 0.319 e. The minimum absolute atomic E-state index is 0.148. The van der Waals surface area contributed by atoms with Gasteiger partial charge in [0.2, 0.25) is 10.0 Å². The highest BCUT2D eigenvalue weighted by atomic mass is 32.2. The van der Waals surface area contributed by atoms with Crippen LogP contribution in [0.2, 0.25) is 0 Å². The van der Waals surface area contributed by atoms with Crippen molar-refractivity contribution < 1.29 is 17.9 Å². The second-order valence-electron chi connectivity index (χ2n) is 6.53. The summed E-state index contributed by atoms with van der Waals surface area (Å²) in [5, 5.41) is 12.8. The molecular weight excluding hydrogens is 426 g/mol. The average Bonchev–Trinajstić information content (AvgIpc) is 3.10. The first-order valence-corrected chi connectivity index (χ1v) is 11.8. The Labute approximate surface area is 179 Å². The second kappa shape index (κ2) is 9.54. The van der Waals surface area contributed by atoms with E-state index in [1.165, 1.54) is 11.8 Å². The van der Waals surface area contributed by atoms with Crippen LogP contribution in [0.5, 0.6) is 0 Å². The topological polar surface area (TPSA) is 116 Å². The summed E-state index contributed by atoms with van der Waals surface area (Å²) in [6, 6.07) is 10.1. The molecule has 0 saturated heterocycles. The van der Waals surface area contributed by atoms with Crippen molar-refractivity contribution in [3.63, 3.8) is 0 Å². The first kappa shape index (κ1) is 22.2. The Kier molecular flexibility index (Phi) is 7.06. The van der Waals surface area contributed by atoms with Gasteiger partial charge in [0.25, 0.3) is 0 Å². The van der Waals surface area contributed by atoms with E-state index in [1.54, 1.807) is 54.8 Å². The van der Waals surface area contributed by atoms with Crippen molar-refractivity contribution in [2.45, 2.75) is 42.4 Å². The van der Waals surface area contributed by atoms with Gasteiger partial charge in [-0.1, -0.05) is 29.5 Å². The fourth-order valence-electron chi connectivity index (χ4n) is 2.62. The average molecular weight is 450 g/mol. The summed E-state index contributed by atoms with van der Waals surface area (Å²) in [7, 11) is -3.61. The standard InChI is InChI=1S/C19H23N5O4S2/c1-4-28-19(25)14(3)29-18-10-9-16-21-22-17(24(16)23-18)11-12-20-30(26,27)15-7-5-13(2)6-8-15/h5-10,14,20H,4,11-12H2,1-3H3/t14-/m1/s1. The zero-order valence-electron chi connectivity index (χ0n) is 16.9. The predicted octanol–water partition coefficient (Wildman–Crippen LogP) is 2.00. The number of esters is 1. The van der Waals surface area contributed by atoms with Crippen LogP contribution in [-0.4, -0.2) is 52.6 Å². The highest BCUT2D eigenvalue weighted by Gasteiger charge is 2.18. The SMILES string of the molecule is CCOC(=O)[C@@H](C)Sc1ccc2nnc(CCNS(=O)(=O)c3ccc(C)cc3)n2n1. The predicted molar refractivity (Wildman–Crippen MR) is 113 cm³/mol. The summed E-state index contributed by atoms with van der Waals surface area (Å²) >= 11 is 1.27. The maximum Gasteiger partial charge on any atom is 0.319 e. The molecule has 0 amide bonds. The number of fused-ring (bicyclic) bond motifs is 1. The van der Waals surface area contributed by atoms with Crippen LogP contribution in [0.1, 0.15) is 25.2 Å². The summed E-state index contributed by atoms with van der Waals surface area (Å²) in [6.45, 7) is 5.88. The second-order valence-corrected chi connectivity index (χ2v) is 9.66. The van der Waals surface area contributed by atoms with Gasteiger partial charge in [-0.3, -0.25) is 4.79 Å². The number of hydrogen-bond donors (Lipinski definition) is 1. The van der Waals surface area contributed by atoms with Gasteiger partial charge in [0.1, 0.15) is 10.3 Å². The lowest BCUT2D eigenvalue weighted by atomic mass is 10.2. The number of nitrogens with one attached hydrogen (secondary N) is 1. The van der Waals surface area contributed by atoms with E-state index in [0.29, 0.717) is 29.5 Å². The molecule has 1 N–H and O–H groups in total. The van der Waals surface area contributed by atoms with Crippen LogP contribution in [0.4, 0.5) is 0 Å². The molecular formula is C19H23N5O4S2. The van der Waals surface area contributed by atoms with Gasteiger partial charge in [-0.15, -0.1) is 10.2 Å². The third-order valence-electron chi connectivity index (χ3n) is 4.19. The Bertz CT molecular complexity index is 1130. The van der Waals surface area contributed by atoms with Gasteiger partial charge in [-0.05, 0) is 45.0 Å². The van der Waals surface area contributed by atoms with Gasteiger partial charge < -0.3 is 4.74 Å². The highest BCUT2D eigenvalue weighted by Crippen LogP contribution is 2.22. The third kappa shape index (κ3) is 5.35. The van der Waals surface area contributed by atoms with Gasteiger partial charge >= 0.3 is 5.97 Å². The Hall–Kier alpha value is -2.50. The summed E-state index contributed by atoms with van der Waals surface area (Å²) < 4.78 is 34.0. The highest BCUT2D eigenvalue weighted by molar-refractivity contribution is 8.00. The number of thioether (sulfide) groups is 1. The first-order valence-electron chi connectivity index (χ1n) is 9.41. The van der Waals surface area contributed by atoms with E-state index in [0.717, 1.165) is 5.56 Å². The molecule has 2 aromatic heterocycles. The fourth-order valence-corrected chi connectivity index (χ4v) is 4.46. The lowest BCUT2D eigenvalue weighted by molar-refractivity contribution is -0.142. The number of ether oxygens (including phenoxy) is 1. The van der Waals surface area contributed by atoms with E-state index in [2.05, 4.69) is 20.0 Å². The molecule has 0 aliphatic rings. The first-order chi connectivity index (χ1) is 14.3. The zero-order chi connectivity index (χ0) is 21.7. The monoisotopic (exact) mass is 449 g/mol. The number of rotatable bonds is 9. The normalized spacial score (nSPS) is 12.8. The summed E-state index contributed by atoms with van der Waals surface area (Å²) in [6.07, 6.45) is 0.306. The van der Waals surface area contributed by atoms with E-state index >= 15 is 0 Å². The molecule has 11 heteroatoms. The van der Waals surface area contributed by atoms with E-state index < -0.39 is 15.3 Å². The number of nitrogens with zero attached hydrogens (tertiary/aromatic N) is 4. The molecule has 0 spiro atoms. The number of aromatic nitrogens is 4. The molecule has 160 valence electrons. The maximum absolute atomic E-state index is 12.4. The van der Waals surface area contributed by atoms with Crippen LogP contribution < -0.4 is 4.72 Å². The van der Waals surface area contributed by atoms with Crippen molar-refractivity contribution in [1.29, 1.82) is 0 Å². The van der Waals surface area contributed by atoms with E-state index in [-0.39, 0.29) is 17.4 Å². The van der Waals surface area contributed by atoms with Crippen LogP contribution in [0.15, 0.2) is 46.3 Å². The minimum atomic E-state index is -3.61. The molecule has 9 nitrogen and oxygen atoms in total. The van der Waals surface area contributed by atoms with Gasteiger partial charge in [0, 0.05) is 13.0 Å². The maximum atomic E-state index is 12.4. The van der Waals surface area contributed by atoms with Gasteiger partial charge in [0.05, 0.1) is 11.5 Å². The number of hydrogen-bond acceptors (Lipinski definition) is 8. The molecule has 30 heavy (non-hydrogen) atoms. The molecule has 2 heterocycles. The molecule has 1 aromatic carbocycles. The van der Waals surface area contributed by atoms with E-state index in [4.69, 9.17) is 4.74 Å². The van der Waals surface area contributed by atoms with Crippen molar-refractivity contribution in [3.05, 3.63) is 47.8 Å². The van der Waals surface area contributed by atoms with Gasteiger partial charge in [-0.2, -0.15) is 9.61 Å². The Balaban J connectivity index is 1.67. The molecule has 0 aliphatic heterocycles. The number of aryl methyl sites for hydroxylation is 1. The molecule has 0 aliphatic carbocycles. The summed E-state index contributed by atoms with van der Waals surface area (Å²) in [5.74, 6) is 0.210. The van der Waals surface area contributed by atoms with Gasteiger partial charge in [0.15, 0.2) is 11.5 Å². The fraction of sp³-hybridized carbons (Fsp3) is 0.368. The Morgan fingerprint density at radius 2 is 1.93 bits per heavy atom. The molecule has 0 radical (unpaired) electrons. The van der Waals surface area contributed by atoms with Crippen molar-refractivity contribution in [2.24, 2.45) is 0 Å². The molecule has 3 aromatic rings. The van der Waals surface area contributed by atoms with Crippen molar-refractivity contribution in [2.75, 3.05) is 13.2 Å². The molecule has 0 unspecified atom stereocenters. The van der Waals surface area contributed by atoms with Crippen LogP contribution in [-0.2, 0) is 26.0 Å². The molecule has 0 fully saturated rings. The number of benzene rings is 1. The van der Waals surface area contributed by atoms with E-state index in [9.17, 15) is 13.2 Å². The molecule has 3 rings (SSSR count). The molecule has 0 bridgehead atoms. The quantitative estimate of drug-likeness (QED) is 0.390. The van der Waals surface area contributed by atoms with Crippen molar-refractivity contribution in [1.82, 2.24) is 24.5 Å². The van der Waals surface area contributed by atoms with Crippen LogP contribution in [0, 0.1) is 6.92 Å². The number of carbonyl (C=O) groups is 1. The molecule has 0 saturated carbocycles. The largest absolute Gasteiger partial charge is 0.465 e. The Morgan fingerprint density at radius 1 is 1.20 bits per heavy atom. The van der Waals surface area contributed by atoms with Crippen LogP contribution in [0.3, 0.4) is 0 Å². The van der Waals surface area contributed by atoms with Crippen LogP contribution >= 0.6 is 11.8 Å². The lowest BCUT2D eigenvalue weighted by Gasteiger charge is -2.09. The minimum Gasteiger partial charge on any atom is -0.465 e. The summed E-state index contributed by atoms with van der Waals surface area (Å²) in [5.41, 5.74) is 1.53. The third-order valence-corrected chi connectivity index (χ3v) is 6.67. The van der Waals surface area contributed by atoms with Crippen molar-refractivity contribution in [3.8, 4) is 0 Å². The van der Waals surface area contributed by atoms with Gasteiger partial charge in [-0.25, -0.2) is 13.1 Å². The number of sulfonamides is 1. The number of carbonyl (C=O) groups excluding carboxylic acids is 1. The van der Waals surface area contributed by atoms with E-state index in [1.807, 2.05) is 6.92 Å². The summed E-state index contributed by atoms with van der Waals surface area (Å²) in [4.78, 5) is 12.0. The zero-order valence-corrected chi connectivity index (χ0v) is 18.5. The molecule has 1 atom stereocenters.